The quantitative estimate of drug-likeness (QED) is 0.641. The van der Waals surface area contributed by atoms with Crippen LogP contribution in [0, 0.1) is 18.3 Å². The van der Waals surface area contributed by atoms with Crippen LogP contribution in [0.25, 0.3) is 10.9 Å². The van der Waals surface area contributed by atoms with E-state index in [1.807, 2.05) is 6.20 Å². The fourth-order valence-corrected chi connectivity index (χ4v) is 2.91. The highest BCUT2D eigenvalue weighted by Gasteiger charge is 2.11. The summed E-state index contributed by atoms with van der Waals surface area (Å²) in [6.45, 7) is 8.47. The first-order valence-electron chi connectivity index (χ1n) is 8.03. The van der Waals surface area contributed by atoms with E-state index in [2.05, 4.69) is 54.0 Å². The van der Waals surface area contributed by atoms with Crippen LogP contribution in [-0.2, 0) is 6.42 Å². The summed E-state index contributed by atoms with van der Waals surface area (Å²) < 4.78 is 0. The molecule has 0 aliphatic carbocycles. The molecule has 2 nitrogen and oxygen atoms in total. The highest BCUT2D eigenvalue weighted by atomic mass is 14.9. The molecular formula is C20H26N2. The van der Waals surface area contributed by atoms with Crippen LogP contribution in [0.1, 0.15) is 31.7 Å². The number of fused-ring (bicyclic) bond motifs is 1. The first-order valence-corrected chi connectivity index (χ1v) is 8.03. The SMILES string of the molecule is C#CCc1ccc2[nH]ccc2c1.C=C(C)CC1CCNCC1. The fraction of sp³-hybridized carbons (Fsp3) is 0.400. The van der Waals surface area contributed by atoms with Crippen molar-refractivity contribution in [2.75, 3.05) is 13.1 Å². The molecule has 0 atom stereocenters. The Bertz CT molecular complexity index is 639. The molecule has 2 aromatic rings. The summed E-state index contributed by atoms with van der Waals surface area (Å²) in [6, 6.07) is 8.28. The molecule has 2 N–H and O–H groups in total. The largest absolute Gasteiger partial charge is 0.361 e. The van der Waals surface area contributed by atoms with Crippen molar-refractivity contribution in [3.8, 4) is 12.3 Å². The second-order valence-corrected chi connectivity index (χ2v) is 6.13. The summed E-state index contributed by atoms with van der Waals surface area (Å²) in [6.07, 6.45) is 11.8. The van der Waals surface area contributed by atoms with E-state index in [1.165, 1.54) is 48.9 Å². The summed E-state index contributed by atoms with van der Waals surface area (Å²) in [5, 5.41) is 4.58. The Balaban J connectivity index is 0.000000164. The zero-order chi connectivity index (χ0) is 15.8. The van der Waals surface area contributed by atoms with Gasteiger partial charge in [-0.05, 0) is 74.3 Å². The maximum Gasteiger partial charge on any atom is 0.0454 e. The van der Waals surface area contributed by atoms with Crippen LogP contribution in [0.4, 0.5) is 0 Å². The Kier molecular flexibility index (Phi) is 6.30. The third-order valence-corrected chi connectivity index (χ3v) is 4.02. The van der Waals surface area contributed by atoms with Crippen molar-refractivity contribution in [2.24, 2.45) is 5.92 Å². The average Bonchev–Trinajstić information content (AvgIpc) is 2.96. The maximum absolute atomic E-state index is 5.22. The third kappa shape index (κ3) is 5.09. The minimum Gasteiger partial charge on any atom is -0.361 e. The van der Waals surface area contributed by atoms with Crippen molar-refractivity contribution in [3.05, 3.63) is 48.2 Å². The molecule has 0 unspecified atom stereocenters. The monoisotopic (exact) mass is 294 g/mol. The zero-order valence-corrected chi connectivity index (χ0v) is 13.5. The number of aromatic amines is 1. The molecule has 1 fully saturated rings. The van der Waals surface area contributed by atoms with Crippen LogP contribution in [-0.4, -0.2) is 18.1 Å². The molecule has 1 saturated heterocycles. The molecule has 0 saturated carbocycles. The van der Waals surface area contributed by atoms with Gasteiger partial charge in [-0.25, -0.2) is 0 Å². The van der Waals surface area contributed by atoms with Crippen molar-refractivity contribution >= 4 is 10.9 Å². The topological polar surface area (TPSA) is 27.8 Å². The van der Waals surface area contributed by atoms with Gasteiger partial charge in [-0.1, -0.05) is 11.6 Å². The molecule has 22 heavy (non-hydrogen) atoms. The van der Waals surface area contributed by atoms with E-state index < -0.39 is 0 Å². The molecule has 0 bridgehead atoms. The van der Waals surface area contributed by atoms with Crippen LogP contribution in [0.3, 0.4) is 0 Å². The number of nitrogens with one attached hydrogen (secondary N) is 2. The van der Waals surface area contributed by atoms with Gasteiger partial charge in [0.2, 0.25) is 0 Å². The second kappa shape index (κ2) is 8.46. The van der Waals surface area contributed by atoms with Gasteiger partial charge in [-0.15, -0.1) is 18.9 Å². The third-order valence-electron chi connectivity index (χ3n) is 4.02. The Hall–Kier alpha value is -1.98. The predicted molar refractivity (Wildman–Crippen MR) is 95.9 cm³/mol. The number of aromatic nitrogens is 1. The number of hydrogen-bond acceptors (Lipinski definition) is 1. The standard InChI is InChI=1S/C11H9N.C9H17N/c1-2-3-9-4-5-11-10(8-9)6-7-12-11;1-8(2)7-9-3-5-10-6-4-9/h1,4-8,12H,3H2;9-10H,1,3-7H2,2H3. The van der Waals surface area contributed by atoms with Gasteiger partial charge in [0.05, 0.1) is 0 Å². The van der Waals surface area contributed by atoms with Gasteiger partial charge in [0, 0.05) is 18.1 Å². The summed E-state index contributed by atoms with van der Waals surface area (Å²) in [5.74, 6) is 3.55. The predicted octanol–water partition coefficient (Wildman–Crippen LogP) is 4.30. The molecule has 0 spiro atoms. The molecule has 3 rings (SSSR count). The summed E-state index contributed by atoms with van der Waals surface area (Å²) >= 11 is 0. The lowest BCUT2D eigenvalue weighted by molar-refractivity contribution is 0.372. The molecule has 1 aromatic heterocycles. The molecule has 1 aliphatic heterocycles. The highest BCUT2D eigenvalue weighted by Crippen LogP contribution is 2.19. The van der Waals surface area contributed by atoms with E-state index >= 15 is 0 Å². The van der Waals surface area contributed by atoms with Gasteiger partial charge in [-0.2, -0.15) is 0 Å². The number of H-pyrrole nitrogens is 1. The van der Waals surface area contributed by atoms with Crippen LogP contribution >= 0.6 is 0 Å². The van der Waals surface area contributed by atoms with Gasteiger partial charge in [0.15, 0.2) is 0 Å². The molecule has 0 radical (unpaired) electrons. The maximum atomic E-state index is 5.22. The van der Waals surface area contributed by atoms with Crippen molar-refractivity contribution in [3.63, 3.8) is 0 Å². The number of piperidine rings is 1. The molecule has 116 valence electrons. The van der Waals surface area contributed by atoms with Gasteiger partial charge in [0.25, 0.3) is 0 Å². The van der Waals surface area contributed by atoms with Crippen molar-refractivity contribution in [1.82, 2.24) is 10.3 Å². The number of benzene rings is 1. The second-order valence-electron chi connectivity index (χ2n) is 6.13. The van der Waals surface area contributed by atoms with E-state index in [4.69, 9.17) is 6.42 Å². The van der Waals surface area contributed by atoms with Crippen molar-refractivity contribution < 1.29 is 0 Å². The minimum atomic E-state index is 0.709. The average molecular weight is 294 g/mol. The van der Waals surface area contributed by atoms with Crippen LogP contribution in [0.5, 0.6) is 0 Å². The number of rotatable bonds is 3. The van der Waals surface area contributed by atoms with Crippen LogP contribution in [0.2, 0.25) is 0 Å². The van der Waals surface area contributed by atoms with Crippen molar-refractivity contribution in [1.29, 1.82) is 0 Å². The molecule has 0 amide bonds. The van der Waals surface area contributed by atoms with E-state index in [1.54, 1.807) is 0 Å². The zero-order valence-electron chi connectivity index (χ0n) is 13.5. The van der Waals surface area contributed by atoms with E-state index in [9.17, 15) is 0 Å². The van der Waals surface area contributed by atoms with E-state index in [0.29, 0.717) is 6.42 Å². The lowest BCUT2D eigenvalue weighted by atomic mass is 9.92. The summed E-state index contributed by atoms with van der Waals surface area (Å²) in [7, 11) is 0. The lowest BCUT2D eigenvalue weighted by Crippen LogP contribution is -2.27. The number of hydrogen-bond donors (Lipinski definition) is 2. The van der Waals surface area contributed by atoms with Gasteiger partial charge >= 0.3 is 0 Å². The fourth-order valence-electron chi connectivity index (χ4n) is 2.91. The Morgan fingerprint density at radius 1 is 1.32 bits per heavy atom. The highest BCUT2D eigenvalue weighted by molar-refractivity contribution is 5.79. The molecule has 1 aromatic carbocycles. The van der Waals surface area contributed by atoms with Gasteiger partial charge < -0.3 is 10.3 Å². The van der Waals surface area contributed by atoms with E-state index in [-0.39, 0.29) is 0 Å². The first kappa shape index (κ1) is 16.4. The molecule has 2 heterocycles. The van der Waals surface area contributed by atoms with Crippen LogP contribution in [0.15, 0.2) is 42.6 Å². The van der Waals surface area contributed by atoms with E-state index in [0.717, 1.165) is 11.4 Å². The summed E-state index contributed by atoms with van der Waals surface area (Å²) in [5.41, 5.74) is 3.70. The van der Waals surface area contributed by atoms with Gasteiger partial charge in [-0.3, -0.25) is 0 Å². The molecule has 1 aliphatic rings. The minimum absolute atomic E-state index is 0.709. The number of terminal acetylenes is 1. The molecular weight excluding hydrogens is 268 g/mol. The smallest absolute Gasteiger partial charge is 0.0454 e. The lowest BCUT2D eigenvalue weighted by Gasteiger charge is -2.22. The first-order chi connectivity index (χ1) is 10.7. The Labute approximate surface area is 134 Å². The number of allylic oxidation sites excluding steroid dienone is 1. The Morgan fingerprint density at radius 3 is 2.77 bits per heavy atom. The summed E-state index contributed by atoms with van der Waals surface area (Å²) in [4.78, 5) is 3.14. The Morgan fingerprint density at radius 2 is 2.09 bits per heavy atom. The van der Waals surface area contributed by atoms with Gasteiger partial charge in [0.1, 0.15) is 0 Å². The molecule has 2 heteroatoms. The normalized spacial score (nSPS) is 14.9. The van der Waals surface area contributed by atoms with Crippen molar-refractivity contribution in [2.45, 2.75) is 32.6 Å². The van der Waals surface area contributed by atoms with Crippen LogP contribution < -0.4 is 5.32 Å².